The molecule has 0 aliphatic rings. The third kappa shape index (κ3) is 7.07. The number of hydrogen-bond donors (Lipinski definition) is 0. The Bertz CT molecular complexity index is 127. The Morgan fingerprint density at radius 1 is 1.00 bits per heavy atom. The molecule has 0 saturated carbocycles. The van der Waals surface area contributed by atoms with Gasteiger partial charge < -0.3 is 4.74 Å². The molecule has 0 atom stereocenters. The van der Waals surface area contributed by atoms with Crippen LogP contribution in [0.1, 0.15) is 0 Å². The van der Waals surface area contributed by atoms with Gasteiger partial charge in [0.05, 0.1) is 0 Å². The third-order valence-corrected chi connectivity index (χ3v) is 11.6. The Morgan fingerprint density at radius 2 is 1.50 bits per heavy atom. The van der Waals surface area contributed by atoms with Crippen LogP contribution in [0.4, 0.5) is 0 Å². The molecule has 0 spiro atoms. The molecular formula is C9H24OSi2. The molecule has 0 aliphatic heterocycles. The summed E-state index contributed by atoms with van der Waals surface area (Å²) in [5, 5.41) is 0. The molecule has 0 saturated heterocycles. The predicted octanol–water partition coefficient (Wildman–Crippen LogP) is 3.22. The molecule has 0 rings (SSSR count). The predicted molar refractivity (Wildman–Crippen MR) is 62.3 cm³/mol. The number of rotatable bonds is 5. The monoisotopic (exact) mass is 204 g/mol. The summed E-state index contributed by atoms with van der Waals surface area (Å²) in [6, 6.07) is 1.33. The highest BCUT2D eigenvalue weighted by Gasteiger charge is 2.27. The molecule has 3 heteroatoms. The fourth-order valence-electron chi connectivity index (χ4n) is 1.90. The van der Waals surface area contributed by atoms with Crippen LogP contribution in [0.15, 0.2) is 0 Å². The van der Waals surface area contributed by atoms with Crippen LogP contribution in [0.3, 0.4) is 0 Å². The van der Waals surface area contributed by atoms with Crippen molar-refractivity contribution in [2.45, 2.75) is 44.4 Å². The highest BCUT2D eigenvalue weighted by atomic mass is 28.4. The summed E-state index contributed by atoms with van der Waals surface area (Å²) in [5.74, 6) is 0. The molecule has 0 aromatic rings. The highest BCUT2D eigenvalue weighted by Crippen LogP contribution is 2.22. The topological polar surface area (TPSA) is 9.23 Å². The van der Waals surface area contributed by atoms with Crippen molar-refractivity contribution in [3.05, 3.63) is 0 Å². The number of hydrogen-bond acceptors (Lipinski definition) is 1. The molecule has 0 bridgehead atoms. The lowest BCUT2D eigenvalue weighted by atomic mass is 10.9. The Kier molecular flexibility index (Phi) is 4.73. The van der Waals surface area contributed by atoms with Gasteiger partial charge in [0.2, 0.25) is 0 Å². The zero-order valence-electron chi connectivity index (χ0n) is 9.53. The van der Waals surface area contributed by atoms with E-state index in [1.807, 2.05) is 0 Å². The summed E-state index contributed by atoms with van der Waals surface area (Å²) in [6.45, 7) is 13.3. The van der Waals surface area contributed by atoms with Crippen LogP contribution in [-0.2, 0) is 4.74 Å². The lowest BCUT2D eigenvalue weighted by Gasteiger charge is -2.29. The lowest BCUT2D eigenvalue weighted by molar-refractivity contribution is 0.214. The Labute approximate surface area is 79.5 Å². The van der Waals surface area contributed by atoms with Crippen molar-refractivity contribution in [2.24, 2.45) is 0 Å². The van der Waals surface area contributed by atoms with E-state index in [-0.39, 0.29) is 0 Å². The van der Waals surface area contributed by atoms with Crippen LogP contribution < -0.4 is 0 Å². The minimum absolute atomic E-state index is 0.836. The second kappa shape index (κ2) is 4.58. The van der Waals surface area contributed by atoms with Gasteiger partial charge in [-0.3, -0.25) is 0 Å². The number of ether oxygens (including phenoxy) is 1. The van der Waals surface area contributed by atoms with Gasteiger partial charge in [-0.2, -0.15) is 0 Å². The van der Waals surface area contributed by atoms with Gasteiger partial charge in [0.15, 0.2) is 0 Å². The fraction of sp³-hybridized carbons (Fsp3) is 1.00. The van der Waals surface area contributed by atoms with Crippen molar-refractivity contribution < 1.29 is 4.74 Å². The van der Waals surface area contributed by atoms with E-state index in [1.165, 1.54) is 11.7 Å². The van der Waals surface area contributed by atoms with Crippen LogP contribution in [0.2, 0.25) is 44.4 Å². The first kappa shape index (κ1) is 12.4. The quantitative estimate of drug-likeness (QED) is 0.625. The number of methoxy groups -OCH3 is 1. The van der Waals surface area contributed by atoms with Crippen LogP contribution >= 0.6 is 0 Å². The second-order valence-electron chi connectivity index (χ2n) is 5.64. The molecule has 0 heterocycles. The van der Waals surface area contributed by atoms with Gasteiger partial charge in [-0.05, 0) is 6.04 Å². The van der Waals surface area contributed by atoms with Crippen LogP contribution in [-0.4, -0.2) is 29.9 Å². The molecule has 0 amide bonds. The van der Waals surface area contributed by atoms with Crippen LogP contribution in [0, 0.1) is 0 Å². The van der Waals surface area contributed by atoms with Crippen molar-refractivity contribution in [1.29, 1.82) is 0 Å². The van der Waals surface area contributed by atoms with Gasteiger partial charge in [-0.25, -0.2) is 0 Å². The summed E-state index contributed by atoms with van der Waals surface area (Å²) in [4.78, 5) is 0. The second-order valence-corrected chi connectivity index (χ2v) is 17.0. The maximum Gasteiger partial charge on any atom is 0.0470 e. The zero-order chi connectivity index (χ0) is 9.83. The van der Waals surface area contributed by atoms with E-state index in [1.54, 1.807) is 7.11 Å². The Hall–Kier alpha value is 0.394. The summed E-state index contributed by atoms with van der Waals surface area (Å²) in [7, 11) is 0.0451. The molecule has 0 aromatic heterocycles. The molecule has 0 aromatic carbocycles. The summed E-state index contributed by atoms with van der Waals surface area (Å²) in [5.41, 5.74) is 1.53. The van der Waals surface area contributed by atoms with E-state index < -0.39 is 16.1 Å². The first-order chi connectivity index (χ1) is 5.27. The van der Waals surface area contributed by atoms with Crippen molar-refractivity contribution in [3.8, 4) is 0 Å². The Morgan fingerprint density at radius 3 is 1.83 bits per heavy atom. The normalized spacial score (nSPS) is 13.5. The van der Waals surface area contributed by atoms with Gasteiger partial charge >= 0.3 is 0 Å². The average Bonchev–Trinajstić information content (AvgIpc) is 1.78. The molecule has 0 radical (unpaired) electrons. The lowest BCUT2D eigenvalue weighted by Crippen LogP contribution is -2.37. The smallest absolute Gasteiger partial charge is 0.0470 e. The van der Waals surface area contributed by atoms with Gasteiger partial charge in [0, 0.05) is 29.9 Å². The zero-order valence-corrected chi connectivity index (χ0v) is 11.5. The first-order valence-corrected chi connectivity index (χ1v) is 11.9. The van der Waals surface area contributed by atoms with Crippen molar-refractivity contribution in [3.63, 3.8) is 0 Å². The minimum Gasteiger partial charge on any atom is -0.385 e. The van der Waals surface area contributed by atoms with Crippen molar-refractivity contribution in [2.75, 3.05) is 13.7 Å². The van der Waals surface area contributed by atoms with Gasteiger partial charge in [0.1, 0.15) is 0 Å². The van der Waals surface area contributed by atoms with E-state index in [9.17, 15) is 0 Å². The van der Waals surface area contributed by atoms with Crippen LogP contribution in [0.25, 0.3) is 0 Å². The standard InChI is InChI=1S/C9H24OSi2/c1-10-7-8-12(5,6)9-11(2,3)4/h7-9H2,1-6H3. The summed E-state index contributed by atoms with van der Waals surface area (Å²) >= 11 is 0. The maximum absolute atomic E-state index is 5.14. The molecule has 1 nitrogen and oxygen atoms in total. The van der Waals surface area contributed by atoms with Crippen molar-refractivity contribution >= 4 is 16.1 Å². The first-order valence-electron chi connectivity index (χ1n) is 4.76. The molecule has 0 aliphatic carbocycles. The summed E-state index contributed by atoms with van der Waals surface area (Å²) in [6.07, 6.45) is 0. The van der Waals surface area contributed by atoms with E-state index >= 15 is 0 Å². The maximum atomic E-state index is 5.14. The molecule has 74 valence electrons. The average molecular weight is 204 g/mol. The van der Waals surface area contributed by atoms with E-state index in [0.29, 0.717) is 0 Å². The fourth-order valence-corrected chi connectivity index (χ4v) is 14.9. The largest absolute Gasteiger partial charge is 0.385 e. The van der Waals surface area contributed by atoms with E-state index in [4.69, 9.17) is 4.74 Å². The van der Waals surface area contributed by atoms with Crippen LogP contribution in [0.5, 0.6) is 0 Å². The third-order valence-electron chi connectivity index (χ3n) is 1.99. The van der Waals surface area contributed by atoms with E-state index in [2.05, 4.69) is 32.7 Å². The van der Waals surface area contributed by atoms with Crippen molar-refractivity contribution in [1.82, 2.24) is 0 Å². The van der Waals surface area contributed by atoms with Gasteiger partial charge in [-0.1, -0.05) is 38.4 Å². The van der Waals surface area contributed by atoms with E-state index in [0.717, 1.165) is 6.61 Å². The molecule has 0 N–H and O–H groups in total. The highest BCUT2D eigenvalue weighted by molar-refractivity contribution is 6.94. The minimum atomic E-state index is -0.923. The molecule has 12 heavy (non-hydrogen) atoms. The van der Waals surface area contributed by atoms with Gasteiger partial charge in [0.25, 0.3) is 0 Å². The summed E-state index contributed by atoms with van der Waals surface area (Å²) < 4.78 is 5.14. The molecule has 0 unspecified atom stereocenters. The molecule has 0 fully saturated rings. The molecular weight excluding hydrogens is 180 g/mol. The SMILES string of the molecule is COCC[Si](C)(C)C[Si](C)(C)C. The van der Waals surface area contributed by atoms with Gasteiger partial charge in [-0.15, -0.1) is 0 Å². The Balaban J connectivity index is 3.86.